The van der Waals surface area contributed by atoms with E-state index in [1.54, 1.807) is 54.7 Å². The van der Waals surface area contributed by atoms with Crippen molar-refractivity contribution in [3.8, 4) is 16.9 Å². The largest absolute Gasteiger partial charge is 0.573 e. The van der Waals surface area contributed by atoms with Crippen LogP contribution in [0.15, 0.2) is 94.6 Å². The number of carbonyl (C=O) groups is 1. The Hall–Kier alpha value is -5.06. The number of rotatable bonds is 7. The van der Waals surface area contributed by atoms with Crippen LogP contribution >= 0.6 is 0 Å². The number of aromatic nitrogens is 3. The number of nitrogens with one attached hydrogen (secondary N) is 3. The summed E-state index contributed by atoms with van der Waals surface area (Å²) in [5.41, 5.74) is 0.968. The molecule has 1 amide bonds. The number of fused-ring (bicyclic) bond motifs is 1. The van der Waals surface area contributed by atoms with E-state index in [-0.39, 0.29) is 24.3 Å². The molecule has 0 atom stereocenters. The lowest BCUT2D eigenvalue weighted by Crippen LogP contribution is -2.38. The van der Waals surface area contributed by atoms with E-state index in [9.17, 15) is 27.6 Å². The molecule has 0 aliphatic carbocycles. The molecule has 2 aromatic heterocycles. The van der Waals surface area contributed by atoms with Crippen molar-refractivity contribution in [2.75, 3.05) is 0 Å². The molecule has 8 nitrogen and oxygen atoms in total. The topological polar surface area (TPSA) is 109 Å². The fraction of sp³-hybridized carbons (Fsp3) is 0.107. The number of nitrogens with zero attached hydrogens (tertiary/aromatic N) is 1. The summed E-state index contributed by atoms with van der Waals surface area (Å²) in [6.45, 7) is -0.341. The minimum atomic E-state index is -4.97. The smallest absolute Gasteiger partial charge is 0.405 e. The summed E-state index contributed by atoms with van der Waals surface area (Å²) in [4.78, 5) is 43.1. The van der Waals surface area contributed by atoms with Crippen molar-refractivity contribution in [3.63, 3.8) is 0 Å². The number of hydrogen-bond donors (Lipinski definition) is 3. The highest BCUT2D eigenvalue weighted by Gasteiger charge is 2.32. The summed E-state index contributed by atoms with van der Waals surface area (Å²) in [5.74, 6) is -1.32. The van der Waals surface area contributed by atoms with Gasteiger partial charge in [-0.2, -0.15) is 0 Å². The van der Waals surface area contributed by atoms with E-state index in [4.69, 9.17) is 0 Å². The third-order valence-corrected chi connectivity index (χ3v) is 6.09. The molecule has 5 rings (SSSR count). The monoisotopic (exact) mass is 534 g/mol. The van der Waals surface area contributed by atoms with Crippen LogP contribution in [0.4, 0.5) is 13.2 Å². The van der Waals surface area contributed by atoms with Gasteiger partial charge in [-0.05, 0) is 34.9 Å². The van der Waals surface area contributed by atoms with Crippen LogP contribution in [0.5, 0.6) is 5.75 Å². The number of benzene rings is 3. The third kappa shape index (κ3) is 5.77. The second kappa shape index (κ2) is 10.4. The Balaban J connectivity index is 1.38. The molecule has 0 saturated heterocycles. The summed E-state index contributed by atoms with van der Waals surface area (Å²) in [7, 11) is 0. The van der Waals surface area contributed by atoms with Crippen LogP contribution in [0, 0.1) is 0 Å². The average Bonchev–Trinajstić information content (AvgIpc) is 3.38. The van der Waals surface area contributed by atoms with Gasteiger partial charge in [-0.25, -0.2) is 4.79 Å². The number of H-pyrrole nitrogens is 2. The van der Waals surface area contributed by atoms with E-state index in [0.717, 1.165) is 27.1 Å². The van der Waals surface area contributed by atoms with E-state index >= 15 is 0 Å². The lowest BCUT2D eigenvalue weighted by molar-refractivity contribution is -0.274. The first-order valence-electron chi connectivity index (χ1n) is 11.8. The summed E-state index contributed by atoms with van der Waals surface area (Å²) in [5, 5.41) is 3.26. The molecule has 198 valence electrons. The maximum atomic E-state index is 13.2. The number of alkyl halides is 3. The van der Waals surface area contributed by atoms with E-state index in [1.807, 2.05) is 12.1 Å². The zero-order valence-electron chi connectivity index (χ0n) is 20.2. The lowest BCUT2D eigenvalue weighted by Gasteiger charge is -2.16. The molecule has 3 N–H and O–H groups in total. The molecular weight excluding hydrogens is 513 g/mol. The van der Waals surface area contributed by atoms with Crippen molar-refractivity contribution in [1.29, 1.82) is 0 Å². The van der Waals surface area contributed by atoms with Crippen LogP contribution in [0.1, 0.15) is 21.6 Å². The van der Waals surface area contributed by atoms with Gasteiger partial charge >= 0.3 is 12.1 Å². The van der Waals surface area contributed by atoms with Crippen molar-refractivity contribution in [2.24, 2.45) is 0 Å². The molecule has 0 unspecified atom stereocenters. The lowest BCUT2D eigenvalue weighted by atomic mass is 10.00. The van der Waals surface area contributed by atoms with Crippen LogP contribution in [-0.2, 0) is 13.1 Å². The number of carbonyl (C=O) groups excluding carboxylic acids is 1. The zero-order chi connectivity index (χ0) is 27.6. The maximum Gasteiger partial charge on any atom is 0.573 e. The highest BCUT2D eigenvalue weighted by molar-refractivity contribution is 5.95. The van der Waals surface area contributed by atoms with Crippen LogP contribution in [0.3, 0.4) is 0 Å². The normalized spacial score (nSPS) is 11.5. The fourth-order valence-electron chi connectivity index (χ4n) is 4.25. The van der Waals surface area contributed by atoms with E-state index in [1.165, 1.54) is 12.1 Å². The standard InChI is InChI=1S/C28H21F3N4O4/c29-28(30,31)39-24-13-18(20-7-4-8-22-21(20)11-12-32-22)9-10-19(24)15-33-26(37)23-14-25(36)35(27(38)34-23)16-17-5-2-1-3-6-17/h1-14,32H,15-16H2,(H,33,37)(H,34,38). The molecule has 0 aliphatic heterocycles. The van der Waals surface area contributed by atoms with Gasteiger partial charge in [0, 0.05) is 35.3 Å². The minimum absolute atomic E-state index is 0.0118. The quantitative estimate of drug-likeness (QED) is 0.284. The molecular formula is C28H21F3N4O4. The van der Waals surface area contributed by atoms with Crippen molar-refractivity contribution in [1.82, 2.24) is 19.9 Å². The molecule has 5 aromatic rings. The molecule has 0 aliphatic rings. The molecule has 0 radical (unpaired) electrons. The summed E-state index contributed by atoms with van der Waals surface area (Å²) in [6.07, 6.45) is -3.23. The Labute approximate surface area is 218 Å². The van der Waals surface area contributed by atoms with Crippen LogP contribution < -0.4 is 21.3 Å². The number of ether oxygens (including phenoxy) is 1. The first-order valence-corrected chi connectivity index (χ1v) is 11.8. The van der Waals surface area contributed by atoms with E-state index < -0.39 is 29.3 Å². The molecule has 3 aromatic carbocycles. The second-order valence-electron chi connectivity index (χ2n) is 8.70. The Kier molecular flexibility index (Phi) is 6.80. The van der Waals surface area contributed by atoms with Crippen LogP contribution in [-0.4, -0.2) is 26.8 Å². The molecule has 11 heteroatoms. The summed E-state index contributed by atoms with van der Waals surface area (Å²) >= 11 is 0. The van der Waals surface area contributed by atoms with Crippen molar-refractivity contribution in [2.45, 2.75) is 19.5 Å². The van der Waals surface area contributed by atoms with Crippen molar-refractivity contribution >= 4 is 16.8 Å². The Morgan fingerprint density at radius 3 is 2.49 bits per heavy atom. The molecule has 39 heavy (non-hydrogen) atoms. The number of aromatic amines is 2. The van der Waals surface area contributed by atoms with Gasteiger partial charge in [-0.1, -0.05) is 54.6 Å². The van der Waals surface area contributed by atoms with Crippen LogP contribution in [0.25, 0.3) is 22.0 Å². The number of amides is 1. The van der Waals surface area contributed by atoms with Gasteiger partial charge in [0.1, 0.15) is 11.4 Å². The first-order chi connectivity index (χ1) is 18.7. The minimum Gasteiger partial charge on any atom is -0.405 e. The Bertz CT molecular complexity index is 1740. The number of halogens is 3. The number of hydrogen-bond acceptors (Lipinski definition) is 4. The highest BCUT2D eigenvalue weighted by Crippen LogP contribution is 2.34. The molecule has 0 spiro atoms. The van der Waals surface area contributed by atoms with Crippen LogP contribution in [0.2, 0.25) is 0 Å². The van der Waals surface area contributed by atoms with Crippen molar-refractivity contribution < 1.29 is 22.7 Å². The van der Waals surface area contributed by atoms with Gasteiger partial charge in [0.05, 0.1) is 6.54 Å². The van der Waals surface area contributed by atoms with Gasteiger partial charge in [0.15, 0.2) is 0 Å². The molecule has 0 bridgehead atoms. The fourth-order valence-corrected chi connectivity index (χ4v) is 4.25. The first kappa shape index (κ1) is 25.6. The van der Waals surface area contributed by atoms with Gasteiger partial charge in [0.2, 0.25) is 0 Å². The van der Waals surface area contributed by atoms with E-state index in [0.29, 0.717) is 11.1 Å². The Morgan fingerprint density at radius 1 is 0.949 bits per heavy atom. The summed E-state index contributed by atoms with van der Waals surface area (Å²) < 4.78 is 44.8. The second-order valence-corrected chi connectivity index (χ2v) is 8.70. The predicted octanol–water partition coefficient (Wildman–Crippen LogP) is 4.56. The highest BCUT2D eigenvalue weighted by atomic mass is 19.4. The van der Waals surface area contributed by atoms with Crippen molar-refractivity contribution in [3.05, 3.63) is 123 Å². The maximum absolute atomic E-state index is 13.2. The average molecular weight is 534 g/mol. The zero-order valence-corrected chi connectivity index (χ0v) is 20.2. The SMILES string of the molecule is O=C(NCc1ccc(-c2cccc3[nH]ccc23)cc1OC(F)(F)F)c1cc(=O)n(Cc2ccccc2)c(=O)[nH]1. The molecule has 0 saturated carbocycles. The van der Waals surface area contributed by atoms with Gasteiger partial charge < -0.3 is 20.0 Å². The molecule has 2 heterocycles. The van der Waals surface area contributed by atoms with E-state index in [2.05, 4.69) is 20.0 Å². The van der Waals surface area contributed by atoms with Gasteiger partial charge in [0.25, 0.3) is 11.5 Å². The predicted molar refractivity (Wildman–Crippen MR) is 138 cm³/mol. The molecule has 0 fully saturated rings. The van der Waals surface area contributed by atoms with Gasteiger partial charge in [-0.15, -0.1) is 13.2 Å². The van der Waals surface area contributed by atoms with Gasteiger partial charge in [-0.3, -0.25) is 14.2 Å². The Morgan fingerprint density at radius 2 is 1.74 bits per heavy atom. The summed E-state index contributed by atoms with van der Waals surface area (Å²) in [6, 6.07) is 21.3. The third-order valence-electron chi connectivity index (χ3n) is 6.09.